The molecule has 1 unspecified atom stereocenters. The maximum atomic E-state index is 12.8. The molecule has 1 atom stereocenters. The van der Waals surface area contributed by atoms with Crippen molar-refractivity contribution in [3.05, 3.63) is 35.6 Å². The smallest absolute Gasteiger partial charge is 0.167 e. The van der Waals surface area contributed by atoms with Gasteiger partial charge in [-0.15, -0.1) is 12.4 Å². The quantitative estimate of drug-likeness (QED) is 0.787. The standard InChI is InChI=1S/C11H12FNO.ClH/c12-10-3-1-2-8(6-10)11(14)9-4-5-13-7-9;/h1-3,6,9,13H,4-5,7H2;1H. The van der Waals surface area contributed by atoms with Crippen LogP contribution in [-0.4, -0.2) is 18.9 Å². The van der Waals surface area contributed by atoms with Crippen molar-refractivity contribution in [3.63, 3.8) is 0 Å². The lowest BCUT2D eigenvalue weighted by Gasteiger charge is -2.06. The lowest BCUT2D eigenvalue weighted by molar-refractivity contribution is 0.0930. The largest absolute Gasteiger partial charge is 0.316 e. The molecule has 1 N–H and O–H groups in total. The molecule has 0 amide bonds. The summed E-state index contributed by atoms with van der Waals surface area (Å²) in [7, 11) is 0. The molecule has 1 aliphatic rings. The highest BCUT2D eigenvalue weighted by Gasteiger charge is 2.23. The molecule has 2 nitrogen and oxygen atoms in total. The highest BCUT2D eigenvalue weighted by atomic mass is 35.5. The van der Waals surface area contributed by atoms with Crippen LogP contribution >= 0.6 is 12.4 Å². The molecule has 1 aromatic carbocycles. The van der Waals surface area contributed by atoms with Crippen molar-refractivity contribution in [1.82, 2.24) is 5.32 Å². The second kappa shape index (κ2) is 5.24. The van der Waals surface area contributed by atoms with E-state index in [2.05, 4.69) is 5.32 Å². The van der Waals surface area contributed by atoms with Gasteiger partial charge in [0, 0.05) is 18.0 Å². The van der Waals surface area contributed by atoms with Crippen LogP contribution in [-0.2, 0) is 0 Å². The van der Waals surface area contributed by atoms with Crippen molar-refractivity contribution in [3.8, 4) is 0 Å². The van der Waals surface area contributed by atoms with Gasteiger partial charge in [0.2, 0.25) is 0 Å². The van der Waals surface area contributed by atoms with E-state index in [4.69, 9.17) is 0 Å². The molecule has 1 fully saturated rings. The SMILES string of the molecule is Cl.O=C(c1cccc(F)c1)C1CCNC1. The number of carbonyl (C=O) groups excluding carboxylic acids is 1. The summed E-state index contributed by atoms with van der Waals surface area (Å²) in [6, 6.07) is 5.90. The number of ketones is 1. The Morgan fingerprint density at radius 3 is 2.87 bits per heavy atom. The van der Waals surface area contributed by atoms with E-state index in [1.807, 2.05) is 0 Å². The third kappa shape index (κ3) is 2.76. The minimum atomic E-state index is -0.346. The molecule has 0 radical (unpaired) electrons. The maximum absolute atomic E-state index is 12.8. The molecule has 15 heavy (non-hydrogen) atoms. The van der Waals surface area contributed by atoms with Gasteiger partial charge in [-0.25, -0.2) is 4.39 Å². The fourth-order valence-electron chi connectivity index (χ4n) is 1.76. The number of carbonyl (C=O) groups is 1. The third-order valence-electron chi connectivity index (χ3n) is 2.54. The summed E-state index contributed by atoms with van der Waals surface area (Å²) in [5, 5.41) is 3.12. The molecular weight excluding hydrogens is 217 g/mol. The minimum Gasteiger partial charge on any atom is -0.316 e. The summed E-state index contributed by atoms with van der Waals surface area (Å²) >= 11 is 0. The summed E-state index contributed by atoms with van der Waals surface area (Å²) in [4.78, 5) is 11.8. The Hall–Kier alpha value is -0.930. The zero-order chi connectivity index (χ0) is 9.97. The molecule has 0 bridgehead atoms. The number of hydrogen-bond donors (Lipinski definition) is 1. The number of hydrogen-bond acceptors (Lipinski definition) is 2. The first-order valence-electron chi connectivity index (χ1n) is 4.78. The van der Waals surface area contributed by atoms with Crippen LogP contribution in [0.25, 0.3) is 0 Å². The fraction of sp³-hybridized carbons (Fsp3) is 0.364. The van der Waals surface area contributed by atoms with Crippen LogP contribution in [0.15, 0.2) is 24.3 Å². The Balaban J connectivity index is 0.00000112. The lowest BCUT2D eigenvalue weighted by atomic mass is 9.97. The van der Waals surface area contributed by atoms with Gasteiger partial charge in [0.15, 0.2) is 5.78 Å². The van der Waals surface area contributed by atoms with E-state index in [9.17, 15) is 9.18 Å². The van der Waals surface area contributed by atoms with E-state index in [0.717, 1.165) is 19.5 Å². The Morgan fingerprint density at radius 1 is 1.47 bits per heavy atom. The summed E-state index contributed by atoms with van der Waals surface area (Å²) < 4.78 is 12.8. The highest BCUT2D eigenvalue weighted by molar-refractivity contribution is 5.98. The number of nitrogens with one attached hydrogen (secondary N) is 1. The van der Waals surface area contributed by atoms with Gasteiger partial charge in [0.05, 0.1) is 0 Å². The first kappa shape index (κ1) is 12.1. The summed E-state index contributed by atoms with van der Waals surface area (Å²) in [5.41, 5.74) is 0.485. The first-order chi connectivity index (χ1) is 6.77. The molecule has 1 aliphatic heterocycles. The number of halogens is 2. The van der Waals surface area contributed by atoms with Gasteiger partial charge in [0.1, 0.15) is 5.82 Å². The first-order valence-corrected chi connectivity index (χ1v) is 4.78. The molecule has 2 rings (SSSR count). The van der Waals surface area contributed by atoms with Crippen LogP contribution in [0.3, 0.4) is 0 Å². The fourth-order valence-corrected chi connectivity index (χ4v) is 1.76. The van der Waals surface area contributed by atoms with Crippen LogP contribution in [0.2, 0.25) is 0 Å². The van der Waals surface area contributed by atoms with Gasteiger partial charge in [-0.2, -0.15) is 0 Å². The Labute approximate surface area is 94.3 Å². The van der Waals surface area contributed by atoms with E-state index < -0.39 is 0 Å². The molecule has 82 valence electrons. The van der Waals surface area contributed by atoms with Gasteiger partial charge in [0.25, 0.3) is 0 Å². The monoisotopic (exact) mass is 229 g/mol. The summed E-state index contributed by atoms with van der Waals surface area (Å²) in [5.74, 6) is -0.270. The van der Waals surface area contributed by atoms with Crippen LogP contribution in [0.4, 0.5) is 4.39 Å². The van der Waals surface area contributed by atoms with E-state index in [-0.39, 0.29) is 29.9 Å². The third-order valence-corrected chi connectivity index (χ3v) is 2.54. The van der Waals surface area contributed by atoms with Crippen molar-refractivity contribution < 1.29 is 9.18 Å². The predicted molar refractivity (Wildman–Crippen MR) is 59.0 cm³/mol. The number of benzene rings is 1. The molecule has 4 heteroatoms. The van der Waals surface area contributed by atoms with E-state index in [1.165, 1.54) is 12.1 Å². The predicted octanol–water partition coefficient (Wildman–Crippen LogP) is 2.04. The van der Waals surface area contributed by atoms with Gasteiger partial charge in [-0.05, 0) is 25.1 Å². The van der Waals surface area contributed by atoms with Crippen LogP contribution in [0, 0.1) is 11.7 Å². The van der Waals surface area contributed by atoms with Gasteiger partial charge >= 0.3 is 0 Å². The molecular formula is C11H13ClFNO. The van der Waals surface area contributed by atoms with E-state index in [0.29, 0.717) is 5.56 Å². The van der Waals surface area contributed by atoms with Crippen molar-refractivity contribution in [2.24, 2.45) is 5.92 Å². The van der Waals surface area contributed by atoms with E-state index >= 15 is 0 Å². The average Bonchev–Trinajstić information content (AvgIpc) is 2.69. The van der Waals surface area contributed by atoms with Gasteiger partial charge < -0.3 is 5.32 Å². The molecule has 1 aromatic rings. The zero-order valence-electron chi connectivity index (χ0n) is 8.20. The van der Waals surface area contributed by atoms with Crippen molar-refractivity contribution in [2.45, 2.75) is 6.42 Å². The van der Waals surface area contributed by atoms with Crippen LogP contribution < -0.4 is 5.32 Å². The van der Waals surface area contributed by atoms with Crippen molar-refractivity contribution >= 4 is 18.2 Å². The number of Topliss-reactive ketones (excluding diaryl/α,β-unsaturated/α-hetero) is 1. The highest BCUT2D eigenvalue weighted by Crippen LogP contribution is 2.15. The summed E-state index contributed by atoms with van der Waals surface area (Å²) in [6.07, 6.45) is 0.856. The Bertz CT molecular complexity index is 350. The Morgan fingerprint density at radius 2 is 2.27 bits per heavy atom. The van der Waals surface area contributed by atoms with Crippen LogP contribution in [0.1, 0.15) is 16.8 Å². The van der Waals surface area contributed by atoms with Crippen molar-refractivity contribution in [1.29, 1.82) is 0 Å². The average molecular weight is 230 g/mol. The van der Waals surface area contributed by atoms with Gasteiger partial charge in [-0.1, -0.05) is 12.1 Å². The van der Waals surface area contributed by atoms with E-state index in [1.54, 1.807) is 12.1 Å². The topological polar surface area (TPSA) is 29.1 Å². The number of rotatable bonds is 2. The molecule has 0 aliphatic carbocycles. The Kier molecular flexibility index (Phi) is 4.24. The second-order valence-corrected chi connectivity index (χ2v) is 3.56. The minimum absolute atomic E-state index is 0. The summed E-state index contributed by atoms with van der Waals surface area (Å²) in [6.45, 7) is 1.60. The van der Waals surface area contributed by atoms with Crippen LogP contribution in [0.5, 0.6) is 0 Å². The van der Waals surface area contributed by atoms with Gasteiger partial charge in [-0.3, -0.25) is 4.79 Å². The second-order valence-electron chi connectivity index (χ2n) is 3.56. The molecule has 0 spiro atoms. The maximum Gasteiger partial charge on any atom is 0.167 e. The molecule has 1 heterocycles. The molecule has 1 saturated heterocycles. The lowest BCUT2D eigenvalue weighted by Crippen LogP contribution is -2.17. The molecule has 0 aromatic heterocycles. The zero-order valence-corrected chi connectivity index (χ0v) is 9.02. The van der Waals surface area contributed by atoms with Crippen molar-refractivity contribution in [2.75, 3.05) is 13.1 Å². The normalized spacial score (nSPS) is 19.7. The molecule has 0 saturated carbocycles.